The lowest BCUT2D eigenvalue weighted by atomic mass is 10.1. The predicted octanol–water partition coefficient (Wildman–Crippen LogP) is 3.07. The van der Waals surface area contributed by atoms with E-state index >= 15 is 0 Å². The fraction of sp³-hybridized carbons (Fsp3) is 0.524. The van der Waals surface area contributed by atoms with E-state index in [4.69, 9.17) is 4.74 Å². The van der Waals surface area contributed by atoms with Crippen LogP contribution in [0, 0.1) is 0 Å². The maximum Gasteiger partial charge on any atom is 0.226 e. The van der Waals surface area contributed by atoms with Crippen molar-refractivity contribution in [1.29, 1.82) is 0 Å². The van der Waals surface area contributed by atoms with Crippen LogP contribution in [-0.4, -0.2) is 55.1 Å². The lowest BCUT2D eigenvalue weighted by Gasteiger charge is -2.31. The summed E-state index contributed by atoms with van der Waals surface area (Å²) in [6, 6.07) is 7.77. The van der Waals surface area contributed by atoms with Gasteiger partial charge < -0.3 is 10.1 Å². The van der Waals surface area contributed by atoms with E-state index in [1.165, 1.54) is 11.3 Å². The molecular weight excluding hydrogens is 422 g/mol. The van der Waals surface area contributed by atoms with Gasteiger partial charge in [-0.25, -0.2) is 17.7 Å². The van der Waals surface area contributed by atoms with Gasteiger partial charge in [0.1, 0.15) is 10.8 Å². The number of piperidine rings is 1. The highest BCUT2D eigenvalue weighted by atomic mass is 32.2. The van der Waals surface area contributed by atoms with Crippen molar-refractivity contribution in [3.8, 4) is 16.3 Å². The highest BCUT2D eigenvalue weighted by Gasteiger charge is 2.28. The van der Waals surface area contributed by atoms with Gasteiger partial charge >= 0.3 is 0 Å². The summed E-state index contributed by atoms with van der Waals surface area (Å²) in [5.74, 6) is 0.934. The van der Waals surface area contributed by atoms with Crippen molar-refractivity contribution in [1.82, 2.24) is 14.6 Å². The quantitative estimate of drug-likeness (QED) is 0.633. The molecule has 2 heterocycles. The summed E-state index contributed by atoms with van der Waals surface area (Å²) in [6.45, 7) is 5.37. The van der Waals surface area contributed by atoms with Gasteiger partial charge in [-0.2, -0.15) is 0 Å². The molecule has 3 rings (SSSR count). The van der Waals surface area contributed by atoms with Crippen LogP contribution in [0.3, 0.4) is 0 Å². The van der Waals surface area contributed by atoms with Crippen LogP contribution in [0.15, 0.2) is 29.6 Å². The molecule has 164 valence electrons. The fourth-order valence-corrected chi connectivity index (χ4v) is 5.86. The molecule has 0 saturated carbocycles. The Hall–Kier alpha value is -1.97. The molecule has 1 aliphatic heterocycles. The van der Waals surface area contributed by atoms with Crippen LogP contribution in [0.5, 0.6) is 5.75 Å². The number of benzene rings is 1. The third-order valence-corrected chi connectivity index (χ3v) is 8.00. The molecule has 0 spiro atoms. The molecule has 1 aliphatic rings. The highest BCUT2D eigenvalue weighted by molar-refractivity contribution is 7.89. The van der Waals surface area contributed by atoms with E-state index in [0.29, 0.717) is 39.0 Å². The van der Waals surface area contributed by atoms with Crippen molar-refractivity contribution >= 4 is 27.3 Å². The fourth-order valence-electron chi connectivity index (χ4n) is 3.49. The number of aromatic nitrogens is 1. The van der Waals surface area contributed by atoms with E-state index in [9.17, 15) is 13.2 Å². The van der Waals surface area contributed by atoms with Crippen molar-refractivity contribution < 1.29 is 17.9 Å². The molecule has 1 saturated heterocycles. The Balaban J connectivity index is 1.49. The molecule has 7 nitrogen and oxygen atoms in total. The number of nitrogens with one attached hydrogen (secondary N) is 1. The molecule has 1 aromatic carbocycles. The van der Waals surface area contributed by atoms with Crippen molar-refractivity contribution in [3.05, 3.63) is 35.3 Å². The Labute approximate surface area is 182 Å². The Morgan fingerprint density at radius 2 is 1.93 bits per heavy atom. The first-order chi connectivity index (χ1) is 14.4. The number of sulfonamides is 1. The normalized spacial score (nSPS) is 15.8. The summed E-state index contributed by atoms with van der Waals surface area (Å²) in [5.41, 5.74) is 1.74. The molecule has 1 amide bonds. The molecule has 9 heteroatoms. The van der Waals surface area contributed by atoms with E-state index in [1.54, 1.807) is 4.31 Å². The van der Waals surface area contributed by atoms with Crippen LogP contribution in [0.25, 0.3) is 10.6 Å². The average molecular weight is 452 g/mol. The number of ether oxygens (including phenoxy) is 1. The van der Waals surface area contributed by atoms with Crippen LogP contribution in [0.2, 0.25) is 0 Å². The van der Waals surface area contributed by atoms with Gasteiger partial charge in [0.2, 0.25) is 15.9 Å². The smallest absolute Gasteiger partial charge is 0.226 e. The molecule has 0 aliphatic carbocycles. The van der Waals surface area contributed by atoms with Crippen LogP contribution in [-0.2, 0) is 21.2 Å². The van der Waals surface area contributed by atoms with Gasteiger partial charge in [0.15, 0.2) is 0 Å². The van der Waals surface area contributed by atoms with E-state index in [1.807, 2.05) is 43.5 Å². The maximum absolute atomic E-state index is 12.4. The Bertz CT molecular complexity index is 933. The van der Waals surface area contributed by atoms with E-state index < -0.39 is 10.0 Å². The van der Waals surface area contributed by atoms with Gasteiger partial charge in [-0.05, 0) is 50.5 Å². The van der Waals surface area contributed by atoms with Crippen molar-refractivity contribution in [3.63, 3.8) is 0 Å². The maximum atomic E-state index is 12.4. The van der Waals surface area contributed by atoms with Crippen LogP contribution in [0.1, 0.15) is 38.8 Å². The summed E-state index contributed by atoms with van der Waals surface area (Å²) in [5, 5.41) is 5.81. The molecule has 2 aromatic rings. The zero-order chi connectivity index (χ0) is 21.6. The number of amides is 1. The van der Waals surface area contributed by atoms with Crippen molar-refractivity contribution in [2.75, 3.05) is 25.4 Å². The summed E-state index contributed by atoms with van der Waals surface area (Å²) >= 11 is 1.51. The van der Waals surface area contributed by atoms with E-state index in [0.717, 1.165) is 22.0 Å². The van der Waals surface area contributed by atoms with Gasteiger partial charge in [-0.15, -0.1) is 11.3 Å². The van der Waals surface area contributed by atoms with Gasteiger partial charge in [-0.3, -0.25) is 4.79 Å². The van der Waals surface area contributed by atoms with Crippen molar-refractivity contribution in [2.45, 2.75) is 45.6 Å². The summed E-state index contributed by atoms with van der Waals surface area (Å²) in [4.78, 5) is 17.0. The lowest BCUT2D eigenvalue weighted by molar-refractivity contribution is -0.121. The van der Waals surface area contributed by atoms with Crippen molar-refractivity contribution in [2.24, 2.45) is 0 Å². The average Bonchev–Trinajstić information content (AvgIpc) is 3.17. The molecule has 0 bridgehead atoms. The third kappa shape index (κ3) is 6.02. The lowest BCUT2D eigenvalue weighted by Crippen LogP contribution is -2.47. The second kappa shape index (κ2) is 10.4. The molecule has 1 aromatic heterocycles. The first kappa shape index (κ1) is 22.7. The third-order valence-electron chi connectivity index (χ3n) is 4.98. The zero-order valence-corrected chi connectivity index (χ0v) is 19.1. The number of carbonyl (C=O) groups is 1. The number of nitrogens with zero attached hydrogens (tertiary/aromatic N) is 2. The summed E-state index contributed by atoms with van der Waals surface area (Å²) in [7, 11) is -3.16. The minimum Gasteiger partial charge on any atom is -0.494 e. The Kier molecular flexibility index (Phi) is 7.85. The molecule has 0 unspecified atom stereocenters. The van der Waals surface area contributed by atoms with E-state index in [-0.39, 0.29) is 24.1 Å². The summed E-state index contributed by atoms with van der Waals surface area (Å²) < 4.78 is 31.3. The minimum absolute atomic E-state index is 0.00907. The molecule has 1 N–H and O–H groups in total. The molecule has 0 atom stereocenters. The topological polar surface area (TPSA) is 88.6 Å². The summed E-state index contributed by atoms with van der Waals surface area (Å²) in [6.07, 6.45) is 2.12. The minimum atomic E-state index is -3.16. The number of hydrogen-bond acceptors (Lipinski definition) is 6. The number of hydrogen-bond donors (Lipinski definition) is 1. The predicted molar refractivity (Wildman–Crippen MR) is 119 cm³/mol. The van der Waals surface area contributed by atoms with Crippen LogP contribution >= 0.6 is 11.3 Å². The van der Waals surface area contributed by atoms with Crippen LogP contribution in [0.4, 0.5) is 0 Å². The number of carbonyl (C=O) groups excluding carboxylic acids is 1. The first-order valence-electron chi connectivity index (χ1n) is 10.4. The molecule has 1 fully saturated rings. The number of thiazole rings is 1. The van der Waals surface area contributed by atoms with Gasteiger partial charge in [0.05, 0.1) is 24.5 Å². The Morgan fingerprint density at radius 3 is 2.57 bits per heavy atom. The standard InChI is InChI=1S/C21H29N3O4S2/c1-3-13-30(26,27)24-11-9-17(10-12-24)22-20(25)14-18-15-29-21(23-18)16-5-7-19(8-6-16)28-4-2/h5-8,15,17H,3-4,9-14H2,1-2H3,(H,22,25). The highest BCUT2D eigenvalue weighted by Crippen LogP contribution is 2.26. The monoisotopic (exact) mass is 451 g/mol. The zero-order valence-electron chi connectivity index (χ0n) is 17.5. The molecular formula is C21H29N3O4S2. The van der Waals surface area contributed by atoms with Gasteiger partial charge in [-0.1, -0.05) is 6.92 Å². The molecule has 30 heavy (non-hydrogen) atoms. The second-order valence-electron chi connectivity index (χ2n) is 7.34. The second-order valence-corrected chi connectivity index (χ2v) is 10.3. The Morgan fingerprint density at radius 1 is 1.23 bits per heavy atom. The first-order valence-corrected chi connectivity index (χ1v) is 12.8. The van der Waals surface area contributed by atoms with Crippen LogP contribution < -0.4 is 10.1 Å². The van der Waals surface area contributed by atoms with Gasteiger partial charge in [0, 0.05) is 30.1 Å². The SMILES string of the molecule is CCCS(=O)(=O)N1CCC(NC(=O)Cc2csc(-c3ccc(OCC)cc3)n2)CC1. The molecule has 0 radical (unpaired) electrons. The van der Waals surface area contributed by atoms with E-state index in [2.05, 4.69) is 10.3 Å². The number of rotatable bonds is 9. The largest absolute Gasteiger partial charge is 0.494 e. The van der Waals surface area contributed by atoms with Gasteiger partial charge in [0.25, 0.3) is 0 Å².